The van der Waals surface area contributed by atoms with Gasteiger partial charge in [-0.2, -0.15) is 0 Å². The third-order valence-corrected chi connectivity index (χ3v) is 3.86. The topological polar surface area (TPSA) is 52.3 Å². The van der Waals surface area contributed by atoms with Crippen LogP contribution in [0.3, 0.4) is 0 Å². The summed E-state index contributed by atoms with van der Waals surface area (Å²) in [5.41, 5.74) is 5.25. The molecule has 1 aromatic rings. The molecular formula is C10H14ClNO2S. The number of carbonyl (C=O) groups is 1. The van der Waals surface area contributed by atoms with Crippen molar-refractivity contribution in [3.8, 4) is 0 Å². The zero-order valence-electron chi connectivity index (χ0n) is 8.91. The molecule has 0 unspecified atom stereocenters. The molecule has 0 aliphatic carbocycles. The van der Waals surface area contributed by atoms with Crippen molar-refractivity contribution >= 4 is 28.9 Å². The number of nitrogens with two attached hydrogens (primary N) is 1. The fourth-order valence-electron chi connectivity index (χ4n) is 1.25. The average molecular weight is 248 g/mol. The van der Waals surface area contributed by atoms with Crippen LogP contribution in [0.4, 0.5) is 0 Å². The van der Waals surface area contributed by atoms with Crippen LogP contribution in [0.2, 0.25) is 5.02 Å². The summed E-state index contributed by atoms with van der Waals surface area (Å²) in [7, 11) is 1.35. The SMILES string of the molecule is COC(=O)C(C)(C)[C@H](N)c1sccc1Cl. The molecule has 0 spiro atoms. The first-order chi connectivity index (χ1) is 6.91. The molecule has 0 bridgehead atoms. The van der Waals surface area contributed by atoms with E-state index in [-0.39, 0.29) is 5.97 Å². The van der Waals surface area contributed by atoms with Gasteiger partial charge in [-0.3, -0.25) is 4.79 Å². The number of hydrogen-bond donors (Lipinski definition) is 1. The second-order valence-corrected chi connectivity index (χ2v) is 5.18. The van der Waals surface area contributed by atoms with Gasteiger partial charge in [-0.1, -0.05) is 11.6 Å². The Hall–Kier alpha value is -0.580. The van der Waals surface area contributed by atoms with Crippen molar-refractivity contribution < 1.29 is 9.53 Å². The van der Waals surface area contributed by atoms with E-state index in [0.29, 0.717) is 5.02 Å². The predicted octanol–water partition coefficient (Wildman–Crippen LogP) is 2.60. The van der Waals surface area contributed by atoms with Crippen LogP contribution in [0.25, 0.3) is 0 Å². The molecule has 1 aromatic heterocycles. The Bertz CT molecular complexity index is 362. The van der Waals surface area contributed by atoms with Crippen LogP contribution in [0, 0.1) is 5.41 Å². The highest BCUT2D eigenvalue weighted by Crippen LogP contribution is 2.38. The van der Waals surface area contributed by atoms with Gasteiger partial charge in [-0.05, 0) is 25.3 Å². The van der Waals surface area contributed by atoms with E-state index in [1.54, 1.807) is 19.9 Å². The molecule has 0 aromatic carbocycles. The molecule has 0 saturated heterocycles. The van der Waals surface area contributed by atoms with Crippen molar-refractivity contribution in [3.63, 3.8) is 0 Å². The molecule has 0 aliphatic rings. The summed E-state index contributed by atoms with van der Waals surface area (Å²) in [6.07, 6.45) is 0. The molecule has 1 heterocycles. The highest BCUT2D eigenvalue weighted by Gasteiger charge is 2.38. The highest BCUT2D eigenvalue weighted by atomic mass is 35.5. The van der Waals surface area contributed by atoms with E-state index in [4.69, 9.17) is 22.1 Å². The smallest absolute Gasteiger partial charge is 0.313 e. The second kappa shape index (κ2) is 4.51. The van der Waals surface area contributed by atoms with Crippen LogP contribution in [-0.4, -0.2) is 13.1 Å². The van der Waals surface area contributed by atoms with Crippen LogP contribution < -0.4 is 5.73 Å². The van der Waals surface area contributed by atoms with Crippen LogP contribution in [0.1, 0.15) is 24.8 Å². The molecule has 0 radical (unpaired) electrons. The normalized spacial score (nSPS) is 13.7. The monoisotopic (exact) mass is 247 g/mol. The Morgan fingerprint density at radius 1 is 1.67 bits per heavy atom. The van der Waals surface area contributed by atoms with Gasteiger partial charge in [0.25, 0.3) is 0 Å². The summed E-state index contributed by atoms with van der Waals surface area (Å²) in [6, 6.07) is 1.33. The van der Waals surface area contributed by atoms with E-state index < -0.39 is 11.5 Å². The summed E-state index contributed by atoms with van der Waals surface area (Å²) in [4.78, 5) is 12.4. The molecule has 0 fully saturated rings. The zero-order chi connectivity index (χ0) is 11.6. The van der Waals surface area contributed by atoms with Crippen molar-refractivity contribution in [1.29, 1.82) is 0 Å². The van der Waals surface area contributed by atoms with E-state index in [1.807, 2.05) is 5.38 Å². The predicted molar refractivity (Wildman–Crippen MR) is 62.1 cm³/mol. The van der Waals surface area contributed by atoms with Gasteiger partial charge >= 0.3 is 5.97 Å². The van der Waals surface area contributed by atoms with Crippen LogP contribution in [0.15, 0.2) is 11.4 Å². The van der Waals surface area contributed by atoms with Gasteiger partial charge in [0.2, 0.25) is 0 Å². The summed E-state index contributed by atoms with van der Waals surface area (Å²) < 4.78 is 4.72. The zero-order valence-corrected chi connectivity index (χ0v) is 10.5. The maximum atomic E-state index is 11.5. The van der Waals surface area contributed by atoms with Crippen LogP contribution in [-0.2, 0) is 9.53 Å². The molecule has 0 amide bonds. The third-order valence-electron chi connectivity index (χ3n) is 2.42. The van der Waals surface area contributed by atoms with E-state index in [1.165, 1.54) is 18.4 Å². The van der Waals surface area contributed by atoms with Gasteiger partial charge in [0.15, 0.2) is 0 Å². The lowest BCUT2D eigenvalue weighted by molar-refractivity contribution is -0.152. The Labute approximate surface area is 98.2 Å². The Kier molecular flexibility index (Phi) is 3.76. The Morgan fingerprint density at radius 2 is 2.27 bits per heavy atom. The van der Waals surface area contributed by atoms with Gasteiger partial charge in [0.05, 0.1) is 23.6 Å². The van der Waals surface area contributed by atoms with E-state index in [2.05, 4.69) is 0 Å². The number of hydrogen-bond acceptors (Lipinski definition) is 4. The number of carbonyl (C=O) groups excluding carboxylic acids is 1. The maximum absolute atomic E-state index is 11.5. The van der Waals surface area contributed by atoms with Gasteiger partial charge in [-0.25, -0.2) is 0 Å². The minimum Gasteiger partial charge on any atom is -0.469 e. The standard InChI is InChI=1S/C10H14ClNO2S/c1-10(2,9(13)14-3)8(12)7-6(11)4-5-15-7/h4-5,8H,12H2,1-3H3/t8-/m1/s1. The molecule has 15 heavy (non-hydrogen) atoms. The molecule has 1 atom stereocenters. The number of halogens is 1. The van der Waals surface area contributed by atoms with E-state index in [0.717, 1.165) is 4.88 Å². The number of ether oxygens (including phenoxy) is 1. The highest BCUT2D eigenvalue weighted by molar-refractivity contribution is 7.10. The number of thiophene rings is 1. The van der Waals surface area contributed by atoms with E-state index in [9.17, 15) is 4.79 Å². The number of esters is 1. The molecule has 1 rings (SSSR count). The van der Waals surface area contributed by atoms with Crippen molar-refractivity contribution in [2.45, 2.75) is 19.9 Å². The van der Waals surface area contributed by atoms with Crippen LogP contribution >= 0.6 is 22.9 Å². The lowest BCUT2D eigenvalue weighted by Crippen LogP contribution is -2.37. The van der Waals surface area contributed by atoms with Crippen molar-refractivity contribution in [3.05, 3.63) is 21.3 Å². The van der Waals surface area contributed by atoms with Gasteiger partial charge < -0.3 is 10.5 Å². The van der Waals surface area contributed by atoms with Gasteiger partial charge in [0.1, 0.15) is 0 Å². The molecule has 84 valence electrons. The molecular weight excluding hydrogens is 234 g/mol. The molecule has 5 heteroatoms. The first-order valence-electron chi connectivity index (χ1n) is 4.48. The lowest BCUT2D eigenvalue weighted by atomic mass is 9.84. The fraction of sp³-hybridized carbons (Fsp3) is 0.500. The Morgan fingerprint density at radius 3 is 2.67 bits per heavy atom. The first-order valence-corrected chi connectivity index (χ1v) is 5.74. The van der Waals surface area contributed by atoms with Crippen molar-refractivity contribution in [2.24, 2.45) is 11.1 Å². The van der Waals surface area contributed by atoms with E-state index >= 15 is 0 Å². The number of rotatable bonds is 3. The summed E-state index contributed by atoms with van der Waals surface area (Å²) in [5.74, 6) is -0.334. The quantitative estimate of drug-likeness (QED) is 0.836. The summed E-state index contributed by atoms with van der Waals surface area (Å²) in [5, 5.41) is 2.45. The minimum atomic E-state index is -0.775. The lowest BCUT2D eigenvalue weighted by Gasteiger charge is -2.28. The average Bonchev–Trinajstić information content (AvgIpc) is 2.61. The minimum absolute atomic E-state index is 0.334. The Balaban J connectivity index is 2.99. The van der Waals surface area contributed by atoms with Gasteiger partial charge in [-0.15, -0.1) is 11.3 Å². The molecule has 0 saturated carbocycles. The van der Waals surface area contributed by atoms with Gasteiger partial charge in [0, 0.05) is 4.88 Å². The van der Waals surface area contributed by atoms with Crippen molar-refractivity contribution in [1.82, 2.24) is 0 Å². The molecule has 2 N–H and O–H groups in total. The molecule has 3 nitrogen and oxygen atoms in total. The number of methoxy groups -OCH3 is 1. The summed E-state index contributed by atoms with van der Waals surface area (Å²) in [6.45, 7) is 3.50. The first kappa shape index (κ1) is 12.5. The molecule has 0 aliphatic heterocycles. The largest absolute Gasteiger partial charge is 0.469 e. The summed E-state index contributed by atoms with van der Waals surface area (Å²) >= 11 is 7.41. The second-order valence-electron chi connectivity index (χ2n) is 3.82. The third kappa shape index (κ3) is 2.33. The van der Waals surface area contributed by atoms with Crippen molar-refractivity contribution in [2.75, 3.05) is 7.11 Å². The maximum Gasteiger partial charge on any atom is 0.313 e. The fourth-order valence-corrected chi connectivity index (χ4v) is 2.61. The van der Waals surface area contributed by atoms with Crippen LogP contribution in [0.5, 0.6) is 0 Å².